The monoisotopic (exact) mass is 296 g/mol. The van der Waals surface area contributed by atoms with Crippen molar-refractivity contribution in [2.24, 2.45) is 0 Å². The largest absolute Gasteiger partial charge is 0.314 e. The van der Waals surface area contributed by atoms with Gasteiger partial charge in [-0.15, -0.1) is 0 Å². The van der Waals surface area contributed by atoms with Crippen molar-refractivity contribution in [2.45, 2.75) is 44.6 Å². The number of hydrogen-bond acceptors (Lipinski definition) is 3. The number of rotatable bonds is 4. The third-order valence-electron chi connectivity index (χ3n) is 4.06. The fourth-order valence-corrected chi connectivity index (χ4v) is 4.17. The highest BCUT2D eigenvalue weighted by molar-refractivity contribution is 7.89. The molecule has 20 heavy (non-hydrogen) atoms. The second kappa shape index (κ2) is 6.24. The molecule has 0 radical (unpaired) electrons. The van der Waals surface area contributed by atoms with E-state index in [2.05, 4.69) is 12.2 Å². The van der Waals surface area contributed by atoms with E-state index in [9.17, 15) is 8.42 Å². The van der Waals surface area contributed by atoms with Crippen molar-refractivity contribution in [1.29, 1.82) is 0 Å². The molecule has 2 rings (SSSR count). The van der Waals surface area contributed by atoms with Gasteiger partial charge in [-0.1, -0.05) is 13.0 Å². The third kappa shape index (κ3) is 3.22. The van der Waals surface area contributed by atoms with Gasteiger partial charge in [0.25, 0.3) is 0 Å². The van der Waals surface area contributed by atoms with Gasteiger partial charge in [-0.3, -0.25) is 0 Å². The smallest absolute Gasteiger partial charge is 0.243 e. The van der Waals surface area contributed by atoms with E-state index in [0.717, 1.165) is 30.5 Å². The second-order valence-corrected chi connectivity index (χ2v) is 7.42. The maximum atomic E-state index is 12.6. The lowest BCUT2D eigenvalue weighted by atomic mass is 10.1. The summed E-state index contributed by atoms with van der Waals surface area (Å²) in [6.45, 7) is 8.17. The molecule has 0 bridgehead atoms. The molecular weight excluding hydrogens is 272 g/mol. The van der Waals surface area contributed by atoms with Gasteiger partial charge in [0.1, 0.15) is 0 Å². The number of sulfonamides is 1. The van der Waals surface area contributed by atoms with E-state index >= 15 is 0 Å². The zero-order chi connectivity index (χ0) is 14.8. The topological polar surface area (TPSA) is 49.4 Å². The molecule has 0 unspecified atom stereocenters. The van der Waals surface area contributed by atoms with Crippen LogP contribution in [0.25, 0.3) is 0 Å². The summed E-state index contributed by atoms with van der Waals surface area (Å²) in [4.78, 5) is 0.419. The van der Waals surface area contributed by atoms with Crippen LogP contribution < -0.4 is 5.32 Å². The van der Waals surface area contributed by atoms with Crippen LogP contribution in [0.5, 0.6) is 0 Å². The summed E-state index contributed by atoms with van der Waals surface area (Å²) < 4.78 is 26.9. The van der Waals surface area contributed by atoms with Crippen molar-refractivity contribution in [3.63, 3.8) is 0 Å². The Labute approximate surface area is 122 Å². The lowest BCUT2D eigenvalue weighted by molar-refractivity contribution is 0.292. The Morgan fingerprint density at radius 1 is 1.20 bits per heavy atom. The third-order valence-corrected chi connectivity index (χ3v) is 5.96. The van der Waals surface area contributed by atoms with Crippen LogP contribution in [0.3, 0.4) is 0 Å². The summed E-state index contributed by atoms with van der Waals surface area (Å²) in [6, 6.07) is 5.83. The summed E-state index contributed by atoms with van der Waals surface area (Å²) >= 11 is 0. The summed E-state index contributed by atoms with van der Waals surface area (Å²) in [5.41, 5.74) is 2.14. The van der Waals surface area contributed by atoms with Gasteiger partial charge in [-0.2, -0.15) is 4.31 Å². The first kappa shape index (κ1) is 15.5. The first-order chi connectivity index (χ1) is 9.45. The molecule has 0 atom stereocenters. The quantitative estimate of drug-likeness (QED) is 0.925. The standard InChI is InChI=1S/C15H24N2O2S/c1-4-16-14-7-9-17(10-8-14)20(18,19)15-6-5-12(2)13(3)11-15/h5-6,11,14,16H,4,7-10H2,1-3H3. The Bertz CT molecular complexity index is 561. The number of nitrogens with zero attached hydrogens (tertiary/aromatic N) is 1. The zero-order valence-electron chi connectivity index (χ0n) is 12.5. The van der Waals surface area contributed by atoms with E-state index in [0.29, 0.717) is 24.0 Å². The molecule has 1 saturated heterocycles. The summed E-state index contributed by atoms with van der Waals surface area (Å²) in [5.74, 6) is 0. The molecule has 112 valence electrons. The van der Waals surface area contributed by atoms with Crippen molar-refractivity contribution >= 4 is 10.0 Å². The van der Waals surface area contributed by atoms with Gasteiger partial charge in [0, 0.05) is 19.1 Å². The van der Waals surface area contributed by atoms with E-state index in [4.69, 9.17) is 0 Å². The maximum Gasteiger partial charge on any atom is 0.243 e. The first-order valence-electron chi connectivity index (χ1n) is 7.26. The van der Waals surface area contributed by atoms with E-state index in [1.807, 2.05) is 19.9 Å². The molecule has 1 N–H and O–H groups in total. The first-order valence-corrected chi connectivity index (χ1v) is 8.70. The Hall–Kier alpha value is -0.910. The highest BCUT2D eigenvalue weighted by atomic mass is 32.2. The molecule has 0 aliphatic carbocycles. The van der Waals surface area contributed by atoms with E-state index in [1.165, 1.54) is 0 Å². The highest BCUT2D eigenvalue weighted by Crippen LogP contribution is 2.22. The van der Waals surface area contributed by atoms with Crippen LogP contribution >= 0.6 is 0 Å². The van der Waals surface area contributed by atoms with E-state index in [1.54, 1.807) is 16.4 Å². The molecule has 5 heteroatoms. The fraction of sp³-hybridized carbons (Fsp3) is 0.600. The Morgan fingerprint density at radius 2 is 1.85 bits per heavy atom. The molecular formula is C15H24N2O2S. The van der Waals surface area contributed by atoms with Gasteiger partial charge in [0.15, 0.2) is 0 Å². The fourth-order valence-electron chi connectivity index (χ4n) is 2.61. The van der Waals surface area contributed by atoms with Gasteiger partial charge < -0.3 is 5.32 Å². The number of aryl methyl sites for hydroxylation is 2. The average molecular weight is 296 g/mol. The molecule has 1 fully saturated rings. The minimum atomic E-state index is -3.33. The second-order valence-electron chi connectivity index (χ2n) is 5.48. The zero-order valence-corrected chi connectivity index (χ0v) is 13.3. The molecule has 1 aliphatic rings. The Kier molecular flexibility index (Phi) is 4.83. The molecule has 0 spiro atoms. The van der Waals surface area contributed by atoms with Gasteiger partial charge in [-0.25, -0.2) is 8.42 Å². The van der Waals surface area contributed by atoms with Gasteiger partial charge in [0.05, 0.1) is 4.90 Å². The number of piperidine rings is 1. The van der Waals surface area contributed by atoms with Crippen molar-refractivity contribution in [3.8, 4) is 0 Å². The number of hydrogen-bond donors (Lipinski definition) is 1. The van der Waals surface area contributed by atoms with Crippen LogP contribution in [0.4, 0.5) is 0 Å². The highest BCUT2D eigenvalue weighted by Gasteiger charge is 2.29. The van der Waals surface area contributed by atoms with Crippen LogP contribution in [-0.2, 0) is 10.0 Å². The van der Waals surface area contributed by atoms with Gasteiger partial charge in [-0.05, 0) is 56.5 Å². The molecule has 0 aromatic heterocycles. The van der Waals surface area contributed by atoms with E-state index in [-0.39, 0.29) is 0 Å². The van der Waals surface area contributed by atoms with E-state index < -0.39 is 10.0 Å². The minimum Gasteiger partial charge on any atom is -0.314 e. The van der Waals surface area contributed by atoms with Crippen molar-refractivity contribution in [3.05, 3.63) is 29.3 Å². The van der Waals surface area contributed by atoms with Crippen molar-refractivity contribution in [2.75, 3.05) is 19.6 Å². The number of nitrogens with one attached hydrogen (secondary N) is 1. The SMILES string of the molecule is CCNC1CCN(S(=O)(=O)c2ccc(C)c(C)c2)CC1. The average Bonchev–Trinajstić information content (AvgIpc) is 2.43. The molecule has 1 aliphatic heterocycles. The molecule has 0 amide bonds. The van der Waals surface area contributed by atoms with Crippen molar-refractivity contribution < 1.29 is 8.42 Å². The van der Waals surface area contributed by atoms with Crippen LogP contribution in [0, 0.1) is 13.8 Å². The summed E-state index contributed by atoms with van der Waals surface area (Å²) in [7, 11) is -3.33. The summed E-state index contributed by atoms with van der Waals surface area (Å²) in [5, 5.41) is 3.39. The molecule has 1 aromatic rings. The molecule has 0 saturated carbocycles. The molecule has 1 heterocycles. The Balaban J connectivity index is 2.13. The van der Waals surface area contributed by atoms with Crippen LogP contribution in [-0.4, -0.2) is 38.4 Å². The van der Waals surface area contributed by atoms with Gasteiger partial charge in [0.2, 0.25) is 10.0 Å². The molecule has 4 nitrogen and oxygen atoms in total. The van der Waals surface area contributed by atoms with Crippen LogP contribution in [0.15, 0.2) is 23.1 Å². The van der Waals surface area contributed by atoms with Crippen LogP contribution in [0.1, 0.15) is 30.9 Å². The van der Waals surface area contributed by atoms with Crippen LogP contribution in [0.2, 0.25) is 0 Å². The Morgan fingerprint density at radius 3 is 2.40 bits per heavy atom. The molecule has 1 aromatic carbocycles. The minimum absolute atomic E-state index is 0.419. The van der Waals surface area contributed by atoms with Gasteiger partial charge >= 0.3 is 0 Å². The number of benzene rings is 1. The van der Waals surface area contributed by atoms with Crippen molar-refractivity contribution in [1.82, 2.24) is 9.62 Å². The predicted octanol–water partition coefficient (Wildman–Crippen LogP) is 2.07. The predicted molar refractivity (Wildman–Crippen MR) is 81.4 cm³/mol. The summed E-state index contributed by atoms with van der Waals surface area (Å²) in [6.07, 6.45) is 1.77. The lowest BCUT2D eigenvalue weighted by Gasteiger charge is -2.31. The maximum absolute atomic E-state index is 12.6. The normalized spacial score (nSPS) is 18.4. The lowest BCUT2D eigenvalue weighted by Crippen LogP contribution is -2.44.